The predicted octanol–water partition coefficient (Wildman–Crippen LogP) is 8.69. The minimum absolute atomic E-state index is 0.155. The molecule has 0 amide bonds. The largest absolute Gasteiger partial charge is 0.358 e. The number of benzene rings is 1. The Hall–Kier alpha value is -1.88. The van der Waals surface area contributed by atoms with E-state index in [1.165, 1.54) is 27.7 Å². The molecule has 2 heterocycles. The lowest BCUT2D eigenvalue weighted by molar-refractivity contribution is 0.572. The van der Waals surface area contributed by atoms with Gasteiger partial charge in [0.15, 0.2) is 0 Å². The van der Waals surface area contributed by atoms with Gasteiger partial charge in [0.2, 0.25) is 0 Å². The summed E-state index contributed by atoms with van der Waals surface area (Å²) in [5, 5.41) is 2.45. The molecule has 2 aromatic heterocycles. The van der Waals surface area contributed by atoms with Gasteiger partial charge in [-0.3, -0.25) is 4.98 Å². The molecule has 162 valence electrons. The summed E-state index contributed by atoms with van der Waals surface area (Å²) in [6, 6.07) is 12.5. The third-order valence-corrected chi connectivity index (χ3v) is 4.61. The molecule has 3 heteroatoms. The van der Waals surface area contributed by atoms with Crippen LogP contribution < -0.4 is 0 Å². The molecule has 0 saturated carbocycles. The Labute approximate surface area is 197 Å². The predicted molar refractivity (Wildman–Crippen MR) is 144 cm³/mol. The molecule has 1 N–H and O–H groups in total. The highest BCUT2D eigenvalue weighted by atomic mass is 127. The van der Waals surface area contributed by atoms with Crippen molar-refractivity contribution in [2.75, 3.05) is 4.93 Å². The summed E-state index contributed by atoms with van der Waals surface area (Å²) >= 11 is 2.15. The number of halogens is 1. The van der Waals surface area contributed by atoms with Crippen molar-refractivity contribution in [3.05, 3.63) is 77.9 Å². The van der Waals surface area contributed by atoms with Gasteiger partial charge in [-0.2, -0.15) is 0 Å². The van der Waals surface area contributed by atoms with Crippen LogP contribution in [0.15, 0.2) is 60.9 Å². The molecular formula is C27H37IN2. The first kappa shape index (κ1) is 26.2. The van der Waals surface area contributed by atoms with Crippen LogP contribution in [-0.4, -0.2) is 14.9 Å². The van der Waals surface area contributed by atoms with E-state index in [2.05, 4.69) is 110 Å². The van der Waals surface area contributed by atoms with E-state index < -0.39 is 0 Å². The van der Waals surface area contributed by atoms with Gasteiger partial charge >= 0.3 is 0 Å². The second-order valence-corrected chi connectivity index (χ2v) is 8.51. The van der Waals surface area contributed by atoms with Gasteiger partial charge in [-0.15, -0.1) is 0 Å². The number of H-pyrrole nitrogens is 1. The molecule has 0 atom stereocenters. The Balaban J connectivity index is 0.000000275. The Kier molecular flexibility index (Phi) is 10.5. The fourth-order valence-electron chi connectivity index (χ4n) is 2.85. The van der Waals surface area contributed by atoms with Crippen LogP contribution in [0.1, 0.15) is 65.4 Å². The van der Waals surface area contributed by atoms with Crippen LogP contribution in [0.4, 0.5) is 0 Å². The number of allylic oxidation sites excluding steroid dienone is 2. The number of nitrogens with zero attached hydrogens (tertiary/aromatic N) is 1. The van der Waals surface area contributed by atoms with Gasteiger partial charge in [-0.1, -0.05) is 114 Å². The van der Waals surface area contributed by atoms with Crippen molar-refractivity contribution in [2.24, 2.45) is 5.41 Å². The molecule has 1 aliphatic rings. The number of hydrogen-bond acceptors (Lipinski definition) is 1. The standard InChI is InChI=1S/C15H21N.C9H7N.C2H6.CH3I/c1-14(2,3)13-10-11-6-8-15(4,5)9-7-12(11)16-13;1-2-4-9-7-10-6-5-8(9)3-1;2*1-2/h6-10,16H,1-5H3;1-7H;1-2H3;1H3. The van der Waals surface area contributed by atoms with Crippen LogP contribution in [0, 0.1) is 5.41 Å². The van der Waals surface area contributed by atoms with Crippen molar-refractivity contribution in [1.82, 2.24) is 9.97 Å². The van der Waals surface area contributed by atoms with Crippen molar-refractivity contribution in [1.29, 1.82) is 0 Å². The van der Waals surface area contributed by atoms with Crippen LogP contribution >= 0.6 is 22.6 Å². The number of aromatic nitrogens is 2. The summed E-state index contributed by atoms with van der Waals surface area (Å²) in [5.41, 5.74) is 4.16. The van der Waals surface area contributed by atoms with Crippen molar-refractivity contribution in [2.45, 2.75) is 53.9 Å². The van der Waals surface area contributed by atoms with E-state index in [0.717, 1.165) is 0 Å². The lowest BCUT2D eigenvalue weighted by Gasteiger charge is -2.16. The number of alkyl halides is 1. The summed E-state index contributed by atoms with van der Waals surface area (Å²) in [4.78, 5) is 9.50. The molecule has 0 unspecified atom stereocenters. The van der Waals surface area contributed by atoms with Gasteiger partial charge in [-0.05, 0) is 39.5 Å². The number of aromatic amines is 1. The fraction of sp³-hybridized carbons (Fsp3) is 0.370. The second-order valence-electron chi connectivity index (χ2n) is 8.51. The molecule has 1 aliphatic carbocycles. The number of pyridine rings is 1. The van der Waals surface area contributed by atoms with Gasteiger partial charge < -0.3 is 4.98 Å². The smallest absolute Gasteiger partial charge is 0.0453 e. The summed E-state index contributed by atoms with van der Waals surface area (Å²) in [6.07, 6.45) is 12.6. The molecule has 2 nitrogen and oxygen atoms in total. The van der Waals surface area contributed by atoms with Crippen molar-refractivity contribution in [3.63, 3.8) is 0 Å². The quantitative estimate of drug-likeness (QED) is 0.235. The van der Waals surface area contributed by atoms with Crippen LogP contribution in [0.3, 0.4) is 0 Å². The van der Waals surface area contributed by atoms with Gasteiger partial charge in [0.1, 0.15) is 0 Å². The normalized spacial score (nSPS) is 13.5. The molecule has 0 spiro atoms. The van der Waals surface area contributed by atoms with Crippen LogP contribution in [0.2, 0.25) is 0 Å². The third-order valence-electron chi connectivity index (χ3n) is 4.61. The summed E-state index contributed by atoms with van der Waals surface area (Å²) < 4.78 is 0. The van der Waals surface area contributed by atoms with Crippen molar-refractivity contribution < 1.29 is 0 Å². The molecule has 0 radical (unpaired) electrons. The van der Waals surface area contributed by atoms with E-state index in [1.807, 2.05) is 49.4 Å². The highest BCUT2D eigenvalue weighted by molar-refractivity contribution is 14.1. The minimum atomic E-state index is 0.155. The molecule has 3 aromatic rings. The zero-order chi connectivity index (χ0) is 22.8. The average Bonchev–Trinajstić information content (AvgIpc) is 3.13. The maximum Gasteiger partial charge on any atom is 0.0453 e. The van der Waals surface area contributed by atoms with Gasteiger partial charge in [0, 0.05) is 34.6 Å². The molecule has 0 saturated heterocycles. The molecule has 0 fully saturated rings. The van der Waals surface area contributed by atoms with Crippen LogP contribution in [-0.2, 0) is 5.41 Å². The van der Waals surface area contributed by atoms with Crippen LogP contribution in [0.25, 0.3) is 22.9 Å². The lowest BCUT2D eigenvalue weighted by atomic mass is 9.91. The second kappa shape index (κ2) is 12.1. The first-order chi connectivity index (χ1) is 14.2. The number of fused-ring (bicyclic) bond motifs is 2. The van der Waals surface area contributed by atoms with Gasteiger partial charge in [0.05, 0.1) is 0 Å². The monoisotopic (exact) mass is 516 g/mol. The fourth-order valence-corrected chi connectivity index (χ4v) is 2.85. The molecule has 0 bridgehead atoms. The van der Waals surface area contributed by atoms with Crippen LogP contribution in [0.5, 0.6) is 0 Å². The number of rotatable bonds is 0. The number of hydrogen-bond donors (Lipinski definition) is 1. The Morgan fingerprint density at radius 3 is 2.10 bits per heavy atom. The third kappa shape index (κ3) is 7.75. The highest BCUT2D eigenvalue weighted by Crippen LogP contribution is 2.30. The average molecular weight is 517 g/mol. The van der Waals surface area contributed by atoms with E-state index in [1.54, 1.807) is 0 Å². The topological polar surface area (TPSA) is 28.7 Å². The van der Waals surface area contributed by atoms with E-state index in [0.29, 0.717) is 0 Å². The first-order valence-corrected chi connectivity index (χ1v) is 12.7. The Bertz CT molecular complexity index is 857. The molecule has 0 aliphatic heterocycles. The minimum Gasteiger partial charge on any atom is -0.358 e. The van der Waals surface area contributed by atoms with Gasteiger partial charge in [0.25, 0.3) is 0 Å². The summed E-state index contributed by atoms with van der Waals surface area (Å²) in [7, 11) is 0. The van der Waals surface area contributed by atoms with E-state index in [9.17, 15) is 0 Å². The molecule has 1 aromatic carbocycles. The summed E-state index contributed by atoms with van der Waals surface area (Å²) in [5.74, 6) is 0. The SMILES string of the molecule is CC.CC1(C)C=Cc2cc(C(C)(C)C)[nH]c2C=C1.CI.c1ccc2cnccc2c1. The first-order valence-electron chi connectivity index (χ1n) is 10.5. The zero-order valence-electron chi connectivity index (χ0n) is 19.8. The number of nitrogens with one attached hydrogen (secondary N) is 1. The lowest BCUT2D eigenvalue weighted by Crippen LogP contribution is -2.11. The Morgan fingerprint density at radius 2 is 1.50 bits per heavy atom. The Morgan fingerprint density at radius 1 is 0.900 bits per heavy atom. The molecular weight excluding hydrogens is 479 g/mol. The maximum absolute atomic E-state index is 4.01. The maximum atomic E-state index is 4.01. The van der Waals surface area contributed by atoms with E-state index in [-0.39, 0.29) is 10.8 Å². The van der Waals surface area contributed by atoms with Gasteiger partial charge in [-0.25, -0.2) is 0 Å². The van der Waals surface area contributed by atoms with Crippen molar-refractivity contribution >= 4 is 45.5 Å². The molecule has 30 heavy (non-hydrogen) atoms. The van der Waals surface area contributed by atoms with Crippen molar-refractivity contribution in [3.8, 4) is 0 Å². The summed E-state index contributed by atoms with van der Waals surface area (Å²) in [6.45, 7) is 15.1. The molecule has 4 rings (SSSR count). The van der Waals surface area contributed by atoms with E-state index in [4.69, 9.17) is 0 Å². The zero-order valence-corrected chi connectivity index (χ0v) is 21.9. The van der Waals surface area contributed by atoms with E-state index >= 15 is 0 Å². The highest BCUT2D eigenvalue weighted by Gasteiger charge is 2.19.